The van der Waals surface area contributed by atoms with Crippen molar-refractivity contribution in [1.29, 1.82) is 0 Å². The monoisotopic (exact) mass is 310 g/mol. The molecule has 0 saturated heterocycles. The summed E-state index contributed by atoms with van der Waals surface area (Å²) in [6.07, 6.45) is 1.59. The quantitative estimate of drug-likeness (QED) is 0.926. The van der Waals surface area contributed by atoms with Crippen LogP contribution in [0.25, 0.3) is 0 Å². The predicted octanol–water partition coefficient (Wildman–Crippen LogP) is 4.02. The molecule has 0 aliphatic carbocycles. The van der Waals surface area contributed by atoms with Crippen LogP contribution in [-0.4, -0.2) is 24.1 Å². The van der Waals surface area contributed by atoms with Crippen LogP contribution in [0.15, 0.2) is 30.5 Å². The third-order valence-corrected chi connectivity index (χ3v) is 3.83. The number of rotatable bonds is 4. The Morgan fingerprint density at radius 1 is 1.20 bits per heavy atom. The topological polar surface area (TPSA) is 41.1 Å². The van der Waals surface area contributed by atoms with Crippen molar-refractivity contribution in [2.45, 2.75) is 13.0 Å². The van der Waals surface area contributed by atoms with Gasteiger partial charge in [0.25, 0.3) is 0 Å². The number of hydrogen-bond acceptors (Lipinski definition) is 4. The third-order valence-electron chi connectivity index (χ3n) is 3.22. The lowest BCUT2D eigenvalue weighted by molar-refractivity contribution is 0.728. The Hall–Kier alpha value is -1.52. The van der Waals surface area contributed by atoms with E-state index >= 15 is 0 Å². The van der Waals surface area contributed by atoms with Crippen LogP contribution in [0.2, 0.25) is 10.0 Å². The van der Waals surface area contributed by atoms with Gasteiger partial charge in [-0.15, -0.1) is 0 Å². The molecule has 4 nitrogen and oxygen atoms in total. The smallest absolute Gasteiger partial charge is 0.224 e. The van der Waals surface area contributed by atoms with E-state index in [-0.39, 0.29) is 6.04 Å². The standard InChI is InChI=1S/C14H16Cl2N4/c1-9(10-6-4-5-7-11(10)15)20(3)13-12(16)8-18-14(17-2)19-13/h4-9H,1-3H3,(H,17,18,19). The van der Waals surface area contributed by atoms with Gasteiger partial charge in [-0.2, -0.15) is 4.98 Å². The molecule has 1 heterocycles. The second kappa shape index (κ2) is 6.29. The van der Waals surface area contributed by atoms with Crippen molar-refractivity contribution in [2.24, 2.45) is 0 Å². The second-order valence-electron chi connectivity index (χ2n) is 4.42. The maximum Gasteiger partial charge on any atom is 0.224 e. The second-order valence-corrected chi connectivity index (χ2v) is 5.24. The minimum atomic E-state index is 0.0424. The molecule has 0 spiro atoms. The van der Waals surface area contributed by atoms with Crippen molar-refractivity contribution < 1.29 is 0 Å². The Morgan fingerprint density at radius 3 is 2.55 bits per heavy atom. The summed E-state index contributed by atoms with van der Waals surface area (Å²) in [6.45, 7) is 2.05. The van der Waals surface area contributed by atoms with Crippen molar-refractivity contribution in [3.05, 3.63) is 46.1 Å². The Bertz CT molecular complexity index is 603. The Labute approximate surface area is 128 Å². The maximum atomic E-state index is 6.24. The van der Waals surface area contributed by atoms with Gasteiger partial charge in [-0.1, -0.05) is 41.4 Å². The minimum Gasteiger partial charge on any atom is -0.357 e. The molecule has 0 aliphatic heterocycles. The zero-order chi connectivity index (χ0) is 14.7. The molecule has 1 N–H and O–H groups in total. The summed E-state index contributed by atoms with van der Waals surface area (Å²) in [7, 11) is 3.70. The number of nitrogens with one attached hydrogen (secondary N) is 1. The molecule has 1 unspecified atom stereocenters. The van der Waals surface area contributed by atoms with E-state index < -0.39 is 0 Å². The van der Waals surface area contributed by atoms with Crippen LogP contribution in [0.3, 0.4) is 0 Å². The normalized spacial score (nSPS) is 12.1. The molecule has 2 aromatic rings. The van der Waals surface area contributed by atoms with Crippen molar-refractivity contribution in [1.82, 2.24) is 9.97 Å². The van der Waals surface area contributed by atoms with Crippen molar-refractivity contribution in [2.75, 3.05) is 24.3 Å². The van der Waals surface area contributed by atoms with Crippen LogP contribution >= 0.6 is 23.2 Å². The van der Waals surface area contributed by atoms with Crippen LogP contribution in [0, 0.1) is 0 Å². The third kappa shape index (κ3) is 2.97. The number of nitrogens with zero attached hydrogens (tertiary/aromatic N) is 3. The first kappa shape index (κ1) is 14.9. The van der Waals surface area contributed by atoms with E-state index in [1.54, 1.807) is 13.2 Å². The molecule has 0 fully saturated rings. The van der Waals surface area contributed by atoms with E-state index in [1.165, 1.54) is 0 Å². The lowest BCUT2D eigenvalue weighted by atomic mass is 10.1. The van der Waals surface area contributed by atoms with Crippen LogP contribution in [-0.2, 0) is 0 Å². The highest BCUT2D eigenvalue weighted by Crippen LogP contribution is 2.32. The Morgan fingerprint density at radius 2 is 1.90 bits per heavy atom. The highest BCUT2D eigenvalue weighted by molar-refractivity contribution is 6.33. The highest BCUT2D eigenvalue weighted by Gasteiger charge is 2.18. The van der Waals surface area contributed by atoms with Gasteiger partial charge < -0.3 is 10.2 Å². The van der Waals surface area contributed by atoms with E-state index in [4.69, 9.17) is 23.2 Å². The molecule has 106 valence electrons. The first-order valence-electron chi connectivity index (χ1n) is 6.22. The molecule has 0 bridgehead atoms. The number of hydrogen-bond donors (Lipinski definition) is 1. The molecule has 0 aliphatic rings. The van der Waals surface area contributed by atoms with E-state index in [2.05, 4.69) is 22.2 Å². The summed E-state index contributed by atoms with van der Waals surface area (Å²) < 4.78 is 0. The molecule has 0 amide bonds. The molecular formula is C14H16Cl2N4. The molecule has 2 rings (SSSR count). The molecule has 0 radical (unpaired) electrons. The SMILES string of the molecule is CNc1ncc(Cl)c(N(C)C(C)c2ccccc2Cl)n1. The summed E-state index contributed by atoms with van der Waals surface area (Å²) >= 11 is 12.4. The highest BCUT2D eigenvalue weighted by atomic mass is 35.5. The fourth-order valence-corrected chi connectivity index (χ4v) is 2.45. The van der Waals surface area contributed by atoms with E-state index in [9.17, 15) is 0 Å². The zero-order valence-electron chi connectivity index (χ0n) is 11.6. The number of anilines is 2. The summed E-state index contributed by atoms with van der Waals surface area (Å²) in [5.41, 5.74) is 1.03. The van der Waals surface area contributed by atoms with Gasteiger partial charge in [-0.3, -0.25) is 0 Å². The first-order valence-corrected chi connectivity index (χ1v) is 6.97. The van der Waals surface area contributed by atoms with Gasteiger partial charge in [0.1, 0.15) is 5.02 Å². The molecule has 0 saturated carbocycles. The van der Waals surface area contributed by atoms with Crippen molar-refractivity contribution in [3.63, 3.8) is 0 Å². The number of benzene rings is 1. The molecule has 1 aromatic carbocycles. The van der Waals surface area contributed by atoms with Crippen LogP contribution in [0.4, 0.5) is 11.8 Å². The van der Waals surface area contributed by atoms with Crippen LogP contribution < -0.4 is 10.2 Å². The van der Waals surface area contributed by atoms with Gasteiger partial charge in [-0.05, 0) is 18.6 Å². The Balaban J connectivity index is 2.36. The van der Waals surface area contributed by atoms with Gasteiger partial charge in [0.05, 0.1) is 12.2 Å². The van der Waals surface area contributed by atoms with Gasteiger partial charge in [0.2, 0.25) is 5.95 Å². The van der Waals surface area contributed by atoms with Crippen LogP contribution in [0.5, 0.6) is 0 Å². The Kier molecular flexibility index (Phi) is 4.68. The molecular weight excluding hydrogens is 295 g/mol. The molecule has 20 heavy (non-hydrogen) atoms. The van der Waals surface area contributed by atoms with Gasteiger partial charge in [0.15, 0.2) is 5.82 Å². The van der Waals surface area contributed by atoms with Crippen LogP contribution in [0.1, 0.15) is 18.5 Å². The van der Waals surface area contributed by atoms with Gasteiger partial charge in [0, 0.05) is 19.1 Å². The maximum absolute atomic E-state index is 6.24. The fraction of sp³-hybridized carbons (Fsp3) is 0.286. The zero-order valence-corrected chi connectivity index (χ0v) is 13.1. The van der Waals surface area contributed by atoms with E-state index in [0.29, 0.717) is 16.8 Å². The molecule has 1 aromatic heterocycles. The summed E-state index contributed by atoms with van der Waals surface area (Å²) in [5.74, 6) is 1.20. The lowest BCUT2D eigenvalue weighted by Gasteiger charge is -2.27. The van der Waals surface area contributed by atoms with Crippen molar-refractivity contribution in [3.8, 4) is 0 Å². The average molecular weight is 311 g/mol. The molecule has 6 heteroatoms. The van der Waals surface area contributed by atoms with Gasteiger partial charge >= 0.3 is 0 Å². The minimum absolute atomic E-state index is 0.0424. The number of halogens is 2. The first-order chi connectivity index (χ1) is 9.54. The van der Waals surface area contributed by atoms with E-state index in [1.807, 2.05) is 36.2 Å². The molecule has 1 atom stereocenters. The average Bonchev–Trinajstić information content (AvgIpc) is 2.47. The number of aromatic nitrogens is 2. The van der Waals surface area contributed by atoms with Crippen molar-refractivity contribution >= 4 is 35.0 Å². The fourth-order valence-electron chi connectivity index (χ4n) is 1.93. The largest absolute Gasteiger partial charge is 0.357 e. The lowest BCUT2D eigenvalue weighted by Crippen LogP contribution is -2.23. The summed E-state index contributed by atoms with van der Waals surface area (Å²) in [4.78, 5) is 10.5. The van der Waals surface area contributed by atoms with E-state index in [0.717, 1.165) is 10.6 Å². The summed E-state index contributed by atoms with van der Waals surface area (Å²) in [5, 5.41) is 4.14. The predicted molar refractivity (Wildman–Crippen MR) is 84.9 cm³/mol. The van der Waals surface area contributed by atoms with Gasteiger partial charge in [-0.25, -0.2) is 4.98 Å². The summed E-state index contributed by atoms with van der Waals surface area (Å²) in [6, 6.07) is 7.79.